The second kappa shape index (κ2) is 15.1. The second-order valence-corrected chi connectivity index (χ2v) is 12.3. The highest BCUT2D eigenvalue weighted by Crippen LogP contribution is 2.30. The minimum Gasteiger partial charge on any atom is -0.569 e. The number of nitrogens with zero attached hydrogens (tertiary/aromatic N) is 4. The fraction of sp³-hybridized carbons (Fsp3) is 0.333. The molecule has 2 N–H and O–H groups in total. The summed E-state index contributed by atoms with van der Waals surface area (Å²) < 4.78 is 33.7. The van der Waals surface area contributed by atoms with Crippen LogP contribution in [-0.2, 0) is 32.4 Å². The van der Waals surface area contributed by atoms with Crippen molar-refractivity contribution in [3.8, 4) is 0 Å². The number of fused-ring (bicyclic) bond motifs is 1. The Morgan fingerprint density at radius 1 is 1.09 bits per heavy atom. The van der Waals surface area contributed by atoms with Gasteiger partial charge >= 0.3 is 5.97 Å². The summed E-state index contributed by atoms with van der Waals surface area (Å²) in [5.41, 5.74) is 6.02. The van der Waals surface area contributed by atoms with Gasteiger partial charge in [0.1, 0.15) is 4.90 Å². The Hall–Kier alpha value is -4.40. The van der Waals surface area contributed by atoms with Gasteiger partial charge in [0.15, 0.2) is 0 Å². The monoisotopic (exact) mass is 658 g/mol. The number of anilines is 1. The van der Waals surface area contributed by atoms with E-state index in [-0.39, 0.29) is 38.6 Å². The van der Waals surface area contributed by atoms with Crippen molar-refractivity contribution in [1.82, 2.24) is 15.2 Å². The Bertz CT molecular complexity index is 1650. The van der Waals surface area contributed by atoms with Gasteiger partial charge in [0.05, 0.1) is 40.4 Å². The third kappa shape index (κ3) is 8.41. The molecule has 3 aromatic rings. The fourth-order valence-corrected chi connectivity index (χ4v) is 6.28. The number of para-hydroxylation sites is 1. The van der Waals surface area contributed by atoms with Crippen LogP contribution in [0.2, 0.25) is 5.02 Å². The van der Waals surface area contributed by atoms with Crippen molar-refractivity contribution in [2.45, 2.75) is 44.6 Å². The van der Waals surface area contributed by atoms with Crippen molar-refractivity contribution in [2.24, 2.45) is 5.28 Å². The van der Waals surface area contributed by atoms with Gasteiger partial charge in [-0.05, 0) is 81.1 Å². The number of sulfonamides is 1. The summed E-state index contributed by atoms with van der Waals surface area (Å²) in [6.45, 7) is 5.94. The van der Waals surface area contributed by atoms with E-state index in [0.717, 1.165) is 23.2 Å². The van der Waals surface area contributed by atoms with Crippen LogP contribution in [0.5, 0.6) is 0 Å². The predicted octanol–water partition coefficient (Wildman–Crippen LogP) is 4.22. The molecule has 13 nitrogen and oxygen atoms in total. The lowest BCUT2D eigenvalue weighted by atomic mass is 10.1. The summed E-state index contributed by atoms with van der Waals surface area (Å²) >= 11 is 6.24. The van der Waals surface area contributed by atoms with Gasteiger partial charge in [-0.2, -0.15) is 0 Å². The SMILES string of the molecule is CCN(CC)/[N+]([O-])=N/OCOC(=O)c1ccc(CCNS(=O)(=O)c2cc(C(=O)NN3c4ccccc4CC3C)ccc2Cl)cc1. The Kier molecular flexibility index (Phi) is 11.2. The molecule has 0 saturated carbocycles. The van der Waals surface area contributed by atoms with Crippen LogP contribution < -0.4 is 15.2 Å². The first kappa shape index (κ1) is 33.5. The molecule has 0 radical (unpaired) electrons. The Labute approximate surface area is 266 Å². The van der Waals surface area contributed by atoms with Crippen LogP contribution in [-0.4, -0.2) is 62.7 Å². The molecule has 240 valence electrons. The number of rotatable bonds is 14. The zero-order valence-corrected chi connectivity index (χ0v) is 26.7. The van der Waals surface area contributed by atoms with E-state index in [4.69, 9.17) is 21.2 Å². The molecular formula is C30H35ClN6O7S. The molecule has 1 aliphatic rings. The summed E-state index contributed by atoms with van der Waals surface area (Å²) in [7, 11) is -4.05. The number of amides is 1. The van der Waals surface area contributed by atoms with Gasteiger partial charge in [-0.25, -0.2) is 17.9 Å². The molecule has 1 heterocycles. The molecule has 0 saturated heterocycles. The lowest BCUT2D eigenvalue weighted by Gasteiger charge is -2.25. The van der Waals surface area contributed by atoms with E-state index in [1.165, 1.54) is 35.3 Å². The molecule has 0 fully saturated rings. The minimum absolute atomic E-state index is 0.0189. The third-order valence-electron chi connectivity index (χ3n) is 7.15. The number of hydrogen-bond donors (Lipinski definition) is 2. The van der Waals surface area contributed by atoms with Crippen LogP contribution in [0.15, 0.2) is 76.9 Å². The Morgan fingerprint density at radius 2 is 1.78 bits per heavy atom. The smallest absolute Gasteiger partial charge is 0.341 e. The third-order valence-corrected chi connectivity index (χ3v) is 9.09. The molecule has 0 aliphatic carbocycles. The maximum absolute atomic E-state index is 13.1. The van der Waals surface area contributed by atoms with E-state index in [0.29, 0.717) is 19.5 Å². The highest BCUT2D eigenvalue weighted by Gasteiger charge is 2.28. The number of carbonyl (C=O) groups is 2. The topological polar surface area (TPSA) is 156 Å². The van der Waals surface area contributed by atoms with E-state index in [2.05, 4.69) is 15.4 Å². The number of carbonyl (C=O) groups excluding carboxylic acids is 2. The second-order valence-electron chi connectivity index (χ2n) is 10.1. The van der Waals surface area contributed by atoms with E-state index >= 15 is 0 Å². The summed E-state index contributed by atoms with van der Waals surface area (Å²) in [6, 6.07) is 18.3. The quantitative estimate of drug-likeness (QED) is 0.0647. The van der Waals surface area contributed by atoms with Gasteiger partial charge in [-0.15, -0.1) is 5.01 Å². The van der Waals surface area contributed by atoms with Gasteiger partial charge in [0, 0.05) is 12.1 Å². The molecule has 3 aromatic carbocycles. The zero-order chi connectivity index (χ0) is 32.6. The minimum atomic E-state index is -4.05. The first-order valence-corrected chi connectivity index (χ1v) is 16.2. The predicted molar refractivity (Wildman–Crippen MR) is 167 cm³/mol. The largest absolute Gasteiger partial charge is 0.569 e. The maximum atomic E-state index is 13.1. The molecule has 1 aliphatic heterocycles. The van der Waals surface area contributed by atoms with Crippen LogP contribution in [0.25, 0.3) is 0 Å². The van der Waals surface area contributed by atoms with E-state index in [9.17, 15) is 23.2 Å². The van der Waals surface area contributed by atoms with Gasteiger partial charge in [-0.3, -0.25) is 15.2 Å². The number of halogens is 1. The number of benzene rings is 3. The molecule has 45 heavy (non-hydrogen) atoms. The van der Waals surface area contributed by atoms with Crippen molar-refractivity contribution in [2.75, 3.05) is 31.4 Å². The van der Waals surface area contributed by atoms with Gasteiger partial charge in [-0.1, -0.05) is 41.9 Å². The fourth-order valence-electron chi connectivity index (χ4n) is 4.73. The first-order valence-electron chi connectivity index (χ1n) is 14.3. The van der Waals surface area contributed by atoms with Crippen LogP contribution in [0.1, 0.15) is 52.6 Å². The van der Waals surface area contributed by atoms with E-state index in [1.807, 2.05) is 31.2 Å². The van der Waals surface area contributed by atoms with Crippen molar-refractivity contribution < 1.29 is 32.6 Å². The number of hydrogen-bond acceptors (Lipinski definition) is 9. The summed E-state index contributed by atoms with van der Waals surface area (Å²) in [5, 5.41) is 18.1. The van der Waals surface area contributed by atoms with Crippen LogP contribution in [0, 0.1) is 5.21 Å². The van der Waals surface area contributed by atoms with Crippen LogP contribution in [0.4, 0.5) is 5.69 Å². The van der Waals surface area contributed by atoms with Gasteiger partial charge in [0.25, 0.3) is 12.7 Å². The van der Waals surface area contributed by atoms with E-state index in [1.54, 1.807) is 31.0 Å². The van der Waals surface area contributed by atoms with Crippen molar-refractivity contribution >= 4 is 39.2 Å². The van der Waals surface area contributed by atoms with Gasteiger partial charge in [0.2, 0.25) is 15.3 Å². The van der Waals surface area contributed by atoms with Crippen LogP contribution >= 0.6 is 11.6 Å². The Balaban J connectivity index is 1.30. The molecule has 1 unspecified atom stereocenters. The zero-order valence-electron chi connectivity index (χ0n) is 25.1. The summed E-state index contributed by atoms with van der Waals surface area (Å²) in [5.74, 6) is -1.14. The molecule has 0 bridgehead atoms. The molecule has 1 amide bonds. The average molecular weight is 659 g/mol. The average Bonchev–Trinajstić information content (AvgIpc) is 3.34. The number of ether oxygens (including phenoxy) is 1. The normalized spacial score (nSPS) is 14.5. The maximum Gasteiger partial charge on any atom is 0.341 e. The van der Waals surface area contributed by atoms with Crippen molar-refractivity contribution in [3.63, 3.8) is 0 Å². The van der Waals surface area contributed by atoms with Crippen molar-refractivity contribution in [3.05, 3.63) is 99.2 Å². The lowest BCUT2D eigenvalue weighted by molar-refractivity contribution is -0.710. The van der Waals surface area contributed by atoms with Crippen molar-refractivity contribution in [1.29, 1.82) is 0 Å². The van der Waals surface area contributed by atoms with Crippen LogP contribution in [0.3, 0.4) is 0 Å². The number of nitrogens with one attached hydrogen (secondary N) is 2. The first-order chi connectivity index (χ1) is 21.5. The highest BCUT2D eigenvalue weighted by atomic mass is 35.5. The number of esters is 1. The number of hydrazine groups is 2. The molecule has 0 aromatic heterocycles. The molecular weight excluding hydrogens is 624 g/mol. The lowest BCUT2D eigenvalue weighted by Crippen LogP contribution is -2.45. The molecule has 4 rings (SSSR count). The molecule has 1 atom stereocenters. The van der Waals surface area contributed by atoms with E-state index < -0.39 is 28.7 Å². The summed E-state index contributed by atoms with van der Waals surface area (Å²) in [4.78, 5) is 30.2. The summed E-state index contributed by atoms with van der Waals surface area (Å²) in [6.07, 6.45) is 1.09. The molecule has 15 heteroatoms. The highest BCUT2D eigenvalue weighted by molar-refractivity contribution is 7.89. The standard InChI is InChI=1S/C30H35ClN6O7S/c1-4-35(5-2)37(40)34-44-20-43-30(39)23-12-10-22(11-13-23)16-17-32-45(41,42)28-19-25(14-15-26(28)31)29(38)33-36-21(3)18-24-8-6-7-9-27(24)36/h6-15,19,21,32H,4-5,16-18,20H2,1-3H3,(H,33,38)/b37-34-. The van der Waals surface area contributed by atoms with Gasteiger partial charge < -0.3 is 14.8 Å². The Morgan fingerprint density at radius 3 is 2.49 bits per heavy atom. The molecule has 0 spiro atoms.